The SMILES string of the molecule is CN=C(NCc1nnc(C)n1C)NC1CCN(CC(C)C)CC1.I. The molecule has 1 aliphatic heterocycles. The van der Waals surface area contributed by atoms with Gasteiger partial charge < -0.3 is 20.1 Å². The zero-order chi connectivity index (χ0) is 16.8. The second-order valence-electron chi connectivity index (χ2n) is 6.76. The van der Waals surface area contributed by atoms with Gasteiger partial charge in [-0.15, -0.1) is 34.2 Å². The molecule has 1 fully saturated rings. The average Bonchev–Trinajstić information content (AvgIpc) is 2.84. The van der Waals surface area contributed by atoms with Gasteiger partial charge in [-0.05, 0) is 25.7 Å². The number of guanidine groups is 1. The van der Waals surface area contributed by atoms with Crippen molar-refractivity contribution in [3.05, 3.63) is 11.6 Å². The van der Waals surface area contributed by atoms with E-state index in [4.69, 9.17) is 0 Å². The number of piperidine rings is 1. The third kappa shape index (κ3) is 6.19. The van der Waals surface area contributed by atoms with Gasteiger partial charge in [-0.25, -0.2) is 0 Å². The molecule has 0 unspecified atom stereocenters. The number of nitrogens with zero attached hydrogens (tertiary/aromatic N) is 5. The van der Waals surface area contributed by atoms with Crippen molar-refractivity contribution in [3.63, 3.8) is 0 Å². The standard InChI is InChI=1S/C16H31N7.HI/c1-12(2)11-23-8-6-14(7-9-23)19-16(17-4)18-10-15-21-20-13(3)22(15)5;/h12,14H,6-11H2,1-5H3,(H2,17,18,19);1H. The van der Waals surface area contributed by atoms with Crippen molar-refractivity contribution in [1.29, 1.82) is 0 Å². The van der Waals surface area contributed by atoms with Gasteiger partial charge in [0.05, 0.1) is 6.54 Å². The summed E-state index contributed by atoms with van der Waals surface area (Å²) in [6, 6.07) is 0.492. The van der Waals surface area contributed by atoms with Gasteiger partial charge in [-0.1, -0.05) is 13.8 Å². The molecule has 2 N–H and O–H groups in total. The minimum atomic E-state index is 0. The van der Waals surface area contributed by atoms with Crippen molar-refractivity contribution in [2.45, 2.75) is 46.2 Å². The first-order chi connectivity index (χ1) is 11.0. The predicted octanol–water partition coefficient (Wildman–Crippen LogP) is 1.53. The molecule has 0 aromatic carbocycles. The molecule has 0 atom stereocenters. The van der Waals surface area contributed by atoms with E-state index in [9.17, 15) is 0 Å². The molecule has 8 heteroatoms. The van der Waals surface area contributed by atoms with Crippen molar-refractivity contribution in [2.75, 3.05) is 26.7 Å². The van der Waals surface area contributed by atoms with Crippen LogP contribution in [0, 0.1) is 12.8 Å². The van der Waals surface area contributed by atoms with Gasteiger partial charge in [0.25, 0.3) is 0 Å². The summed E-state index contributed by atoms with van der Waals surface area (Å²) in [5, 5.41) is 15.1. The van der Waals surface area contributed by atoms with Gasteiger partial charge in [0, 0.05) is 39.8 Å². The van der Waals surface area contributed by atoms with E-state index in [1.807, 2.05) is 25.6 Å². The van der Waals surface area contributed by atoms with Crippen LogP contribution in [0.4, 0.5) is 0 Å². The Kier molecular flexibility index (Phi) is 8.96. The Morgan fingerprint density at radius 2 is 1.96 bits per heavy atom. The lowest BCUT2D eigenvalue weighted by atomic mass is 10.0. The maximum Gasteiger partial charge on any atom is 0.191 e. The molecule has 24 heavy (non-hydrogen) atoms. The van der Waals surface area contributed by atoms with Gasteiger partial charge in [-0.3, -0.25) is 4.99 Å². The molecular weight excluding hydrogens is 417 g/mol. The number of hydrogen-bond donors (Lipinski definition) is 2. The molecule has 7 nitrogen and oxygen atoms in total. The summed E-state index contributed by atoms with van der Waals surface area (Å²) in [5.74, 6) is 3.41. The van der Waals surface area contributed by atoms with Crippen LogP contribution in [0.25, 0.3) is 0 Å². The molecule has 1 aromatic rings. The molecule has 0 bridgehead atoms. The van der Waals surface area contributed by atoms with Crippen molar-refractivity contribution < 1.29 is 0 Å². The maximum atomic E-state index is 4.32. The minimum absolute atomic E-state index is 0. The van der Waals surface area contributed by atoms with Crippen LogP contribution in [0.1, 0.15) is 38.3 Å². The molecule has 0 saturated carbocycles. The van der Waals surface area contributed by atoms with Crippen LogP contribution in [0.5, 0.6) is 0 Å². The quantitative estimate of drug-likeness (QED) is 0.406. The third-order valence-electron chi connectivity index (χ3n) is 4.37. The van der Waals surface area contributed by atoms with E-state index in [0.29, 0.717) is 12.6 Å². The van der Waals surface area contributed by atoms with Crippen LogP contribution < -0.4 is 10.6 Å². The molecule has 2 rings (SSSR count). The Morgan fingerprint density at radius 1 is 1.29 bits per heavy atom. The molecule has 1 aromatic heterocycles. The first-order valence-electron chi connectivity index (χ1n) is 8.54. The Labute approximate surface area is 162 Å². The molecule has 0 aliphatic carbocycles. The summed E-state index contributed by atoms with van der Waals surface area (Å²) in [4.78, 5) is 6.88. The van der Waals surface area contributed by atoms with Gasteiger partial charge in [0.1, 0.15) is 5.82 Å². The Balaban J connectivity index is 0.00000288. The van der Waals surface area contributed by atoms with Gasteiger partial charge in [0.2, 0.25) is 0 Å². The summed E-state index contributed by atoms with van der Waals surface area (Å²) in [6.45, 7) is 10.7. The number of rotatable bonds is 5. The number of aryl methyl sites for hydroxylation is 1. The second kappa shape index (κ2) is 10.2. The highest BCUT2D eigenvalue weighted by Gasteiger charge is 2.20. The molecular formula is C16H32IN7. The molecule has 0 spiro atoms. The smallest absolute Gasteiger partial charge is 0.191 e. The van der Waals surface area contributed by atoms with E-state index in [0.717, 1.165) is 49.5 Å². The lowest BCUT2D eigenvalue weighted by Crippen LogP contribution is -2.49. The van der Waals surface area contributed by atoms with Crippen LogP contribution in [0.3, 0.4) is 0 Å². The lowest BCUT2D eigenvalue weighted by Gasteiger charge is -2.33. The number of aromatic nitrogens is 3. The van der Waals surface area contributed by atoms with E-state index >= 15 is 0 Å². The van der Waals surface area contributed by atoms with Crippen molar-refractivity contribution in [2.24, 2.45) is 18.0 Å². The number of hydrogen-bond acceptors (Lipinski definition) is 4. The van der Waals surface area contributed by atoms with Gasteiger partial charge in [0.15, 0.2) is 11.8 Å². The molecule has 0 amide bonds. The number of halogens is 1. The number of aliphatic imine (C=N–C) groups is 1. The predicted molar refractivity (Wildman–Crippen MR) is 109 cm³/mol. The van der Waals surface area contributed by atoms with Crippen LogP contribution in [0.2, 0.25) is 0 Å². The van der Waals surface area contributed by atoms with Crippen LogP contribution >= 0.6 is 24.0 Å². The fourth-order valence-electron chi connectivity index (χ4n) is 2.93. The summed E-state index contributed by atoms with van der Waals surface area (Å²) < 4.78 is 1.99. The number of likely N-dealkylation sites (tertiary alicyclic amines) is 1. The first-order valence-corrected chi connectivity index (χ1v) is 8.54. The average molecular weight is 449 g/mol. The van der Waals surface area contributed by atoms with Crippen LogP contribution in [-0.2, 0) is 13.6 Å². The highest BCUT2D eigenvalue weighted by molar-refractivity contribution is 14.0. The van der Waals surface area contributed by atoms with E-state index in [-0.39, 0.29) is 24.0 Å². The maximum absolute atomic E-state index is 4.32. The topological polar surface area (TPSA) is 70.4 Å². The zero-order valence-electron chi connectivity index (χ0n) is 15.5. The van der Waals surface area contributed by atoms with Gasteiger partial charge in [-0.2, -0.15) is 0 Å². The van der Waals surface area contributed by atoms with Gasteiger partial charge >= 0.3 is 0 Å². The molecule has 1 saturated heterocycles. The fraction of sp³-hybridized carbons (Fsp3) is 0.812. The van der Waals surface area contributed by atoms with E-state index < -0.39 is 0 Å². The van der Waals surface area contributed by atoms with Crippen LogP contribution in [-0.4, -0.2) is 58.3 Å². The Hall–Kier alpha value is -0.900. The van der Waals surface area contributed by atoms with E-state index in [1.54, 1.807) is 0 Å². The zero-order valence-corrected chi connectivity index (χ0v) is 17.9. The molecule has 0 radical (unpaired) electrons. The summed E-state index contributed by atoms with van der Waals surface area (Å²) in [7, 11) is 3.79. The highest BCUT2D eigenvalue weighted by Crippen LogP contribution is 2.12. The fourth-order valence-corrected chi connectivity index (χ4v) is 2.93. The summed E-state index contributed by atoms with van der Waals surface area (Å²) in [6.07, 6.45) is 2.33. The van der Waals surface area contributed by atoms with E-state index in [1.165, 1.54) is 6.54 Å². The monoisotopic (exact) mass is 449 g/mol. The molecule has 1 aliphatic rings. The summed E-state index contributed by atoms with van der Waals surface area (Å²) >= 11 is 0. The third-order valence-corrected chi connectivity index (χ3v) is 4.37. The van der Waals surface area contributed by atoms with Crippen molar-refractivity contribution in [1.82, 2.24) is 30.3 Å². The lowest BCUT2D eigenvalue weighted by molar-refractivity contribution is 0.187. The van der Waals surface area contributed by atoms with E-state index in [2.05, 4.69) is 44.6 Å². The highest BCUT2D eigenvalue weighted by atomic mass is 127. The number of nitrogens with one attached hydrogen (secondary N) is 2. The Bertz CT molecular complexity index is 518. The van der Waals surface area contributed by atoms with Crippen molar-refractivity contribution >= 4 is 29.9 Å². The largest absolute Gasteiger partial charge is 0.354 e. The second-order valence-corrected chi connectivity index (χ2v) is 6.76. The van der Waals surface area contributed by atoms with Crippen LogP contribution in [0.15, 0.2) is 4.99 Å². The molecule has 2 heterocycles. The Morgan fingerprint density at radius 3 is 2.46 bits per heavy atom. The summed E-state index contributed by atoms with van der Waals surface area (Å²) in [5.41, 5.74) is 0. The molecule has 138 valence electrons. The normalized spacial score (nSPS) is 17.0. The minimum Gasteiger partial charge on any atom is -0.354 e. The van der Waals surface area contributed by atoms with Crippen molar-refractivity contribution in [3.8, 4) is 0 Å². The first kappa shape index (κ1) is 21.1.